The van der Waals surface area contributed by atoms with Gasteiger partial charge in [0.15, 0.2) is 18.7 Å². The van der Waals surface area contributed by atoms with Crippen LogP contribution < -0.4 is 0 Å². The quantitative estimate of drug-likeness (QED) is 0.0943. The SMILES string of the molecule is C=C(C)[C@@H]1CC[C@]2(C(=O)O)CC[C@]3(C)[C@H](CC[C@@H]4[C@@]5(C)CC[C@H](O[C@@H]6O[C@H](C(=O)O)[C@@H](O)[C@H](O[C@@H]7O[C@H](CO)[C@@H](O)[C@H](O)[C@H]7O)[C@H]6O)[C@@](C)(C=O)C5CC[C@]43C)C12. The van der Waals surface area contributed by atoms with Crippen LogP contribution in [0.5, 0.6) is 0 Å². The fraction of sp³-hybridized carbons (Fsp3) is 0.881. The van der Waals surface area contributed by atoms with Gasteiger partial charge in [-0.15, -0.1) is 0 Å². The van der Waals surface area contributed by atoms with E-state index in [0.29, 0.717) is 32.1 Å². The van der Waals surface area contributed by atoms with Gasteiger partial charge in [0.25, 0.3) is 0 Å². The standard InChI is InChI=1S/C42H64O15/c1-19(2)20-9-14-42(37(52)53)16-15-40(5)21(26(20)42)7-8-24-38(3)12-11-25(39(4,18-44)23(38)10-13-41(24,40)6)55-36-31(49)32(30(48)33(57-36)34(50)51)56-35-29(47)28(46)27(45)22(17-43)54-35/h18,20-33,35-36,43,45-49H,1,7-17H2,2-6H3,(H,50,51)(H,52,53)/t20-,21+,22+,23?,24+,25-,26?,27+,28-,29+,30-,31+,32-,33-,35-,36+,38-,39-,40+,41+,42-/m0/s1. The van der Waals surface area contributed by atoms with E-state index in [4.69, 9.17) is 18.9 Å². The van der Waals surface area contributed by atoms with Crippen LogP contribution in [-0.2, 0) is 33.3 Å². The summed E-state index contributed by atoms with van der Waals surface area (Å²) in [5.74, 6) is -1.77. The number of ether oxygens (including phenoxy) is 4. The molecule has 15 heteroatoms. The summed E-state index contributed by atoms with van der Waals surface area (Å²) in [6.45, 7) is 14.6. The summed E-state index contributed by atoms with van der Waals surface area (Å²) in [7, 11) is 0. The first-order valence-electron chi connectivity index (χ1n) is 20.9. The van der Waals surface area contributed by atoms with Crippen molar-refractivity contribution in [2.24, 2.45) is 56.7 Å². The van der Waals surface area contributed by atoms with E-state index >= 15 is 0 Å². The average molecular weight is 809 g/mol. The molecule has 15 nitrogen and oxygen atoms in total. The Labute approximate surface area is 333 Å². The monoisotopic (exact) mass is 808 g/mol. The number of carbonyl (C=O) groups excluding carboxylic acids is 1. The molecule has 5 aliphatic carbocycles. The molecule has 7 aliphatic rings. The van der Waals surface area contributed by atoms with Gasteiger partial charge in [-0.1, -0.05) is 39.8 Å². The van der Waals surface area contributed by atoms with E-state index in [-0.39, 0.29) is 45.8 Å². The van der Waals surface area contributed by atoms with Crippen molar-refractivity contribution in [3.8, 4) is 0 Å². The number of carboxylic acid groups (broad SMARTS) is 2. The second-order valence-electron chi connectivity index (χ2n) is 19.8. The Morgan fingerprint density at radius 1 is 0.754 bits per heavy atom. The number of carboxylic acids is 2. The minimum atomic E-state index is -2.00. The van der Waals surface area contributed by atoms with Gasteiger partial charge in [-0.2, -0.15) is 0 Å². The Balaban J connectivity index is 1.13. The molecule has 2 heterocycles. The fourth-order valence-electron chi connectivity index (χ4n) is 14.4. The number of aliphatic carboxylic acids is 2. The summed E-state index contributed by atoms with van der Waals surface area (Å²) < 4.78 is 23.2. The normalized spacial score (nSPS) is 54.7. The van der Waals surface area contributed by atoms with Gasteiger partial charge in [0.2, 0.25) is 0 Å². The van der Waals surface area contributed by atoms with Crippen LogP contribution >= 0.6 is 0 Å². The second kappa shape index (κ2) is 14.8. The van der Waals surface area contributed by atoms with Gasteiger partial charge in [-0.3, -0.25) is 4.79 Å². The van der Waals surface area contributed by atoms with Crippen molar-refractivity contribution in [2.45, 2.75) is 166 Å². The van der Waals surface area contributed by atoms with Crippen molar-refractivity contribution < 1.29 is 74.2 Å². The van der Waals surface area contributed by atoms with Crippen molar-refractivity contribution in [3.05, 3.63) is 12.2 Å². The molecule has 57 heavy (non-hydrogen) atoms. The van der Waals surface area contributed by atoms with Gasteiger partial charge in [-0.25, -0.2) is 4.79 Å². The average Bonchev–Trinajstić information content (AvgIpc) is 3.57. The smallest absolute Gasteiger partial charge is 0.335 e. The first-order chi connectivity index (χ1) is 26.7. The third-order valence-electron chi connectivity index (χ3n) is 17.6. The largest absolute Gasteiger partial charge is 0.481 e. The molecule has 21 atom stereocenters. The molecule has 0 aromatic rings. The third-order valence-corrected chi connectivity index (χ3v) is 17.6. The topological polar surface area (TPSA) is 250 Å². The van der Waals surface area contributed by atoms with Gasteiger partial charge < -0.3 is 64.6 Å². The molecule has 0 amide bonds. The van der Waals surface area contributed by atoms with Crippen LogP contribution in [0.15, 0.2) is 12.2 Å². The number of carbonyl (C=O) groups is 3. The fourth-order valence-corrected chi connectivity index (χ4v) is 14.4. The lowest BCUT2D eigenvalue weighted by Crippen LogP contribution is -2.68. The molecule has 0 aromatic heterocycles. The summed E-state index contributed by atoms with van der Waals surface area (Å²) in [4.78, 5) is 38.8. The maximum atomic E-state index is 13.5. The predicted octanol–water partition coefficient (Wildman–Crippen LogP) is 2.01. The number of aldehydes is 1. The molecule has 8 N–H and O–H groups in total. The molecule has 0 aromatic carbocycles. The number of hydrogen-bond acceptors (Lipinski definition) is 13. The van der Waals surface area contributed by atoms with E-state index in [1.54, 1.807) is 0 Å². The number of rotatable bonds is 9. The van der Waals surface area contributed by atoms with Crippen molar-refractivity contribution in [3.63, 3.8) is 0 Å². The van der Waals surface area contributed by atoms with Crippen LogP contribution in [0, 0.1) is 56.7 Å². The summed E-state index contributed by atoms with van der Waals surface area (Å²) in [6.07, 6.45) is -10.4. The summed E-state index contributed by atoms with van der Waals surface area (Å²) in [5.41, 5.74) is -1.32. The Morgan fingerprint density at radius 2 is 1.44 bits per heavy atom. The number of allylic oxidation sites excluding steroid dienone is 1. The van der Waals surface area contributed by atoms with Gasteiger partial charge in [0.1, 0.15) is 49.0 Å². The predicted molar refractivity (Wildman–Crippen MR) is 199 cm³/mol. The molecule has 7 rings (SSSR count). The molecule has 2 aliphatic heterocycles. The van der Waals surface area contributed by atoms with Crippen LogP contribution in [-0.4, -0.2) is 133 Å². The maximum absolute atomic E-state index is 13.5. The van der Waals surface area contributed by atoms with Crippen molar-refractivity contribution in [1.82, 2.24) is 0 Å². The highest BCUT2D eigenvalue weighted by Crippen LogP contribution is 2.77. The molecule has 7 fully saturated rings. The molecule has 2 unspecified atom stereocenters. The van der Waals surface area contributed by atoms with Gasteiger partial charge in [0.05, 0.1) is 23.5 Å². The molecule has 0 spiro atoms. The Kier molecular flexibility index (Phi) is 11.2. The molecule has 0 radical (unpaired) electrons. The highest BCUT2D eigenvalue weighted by atomic mass is 16.7. The van der Waals surface area contributed by atoms with Crippen molar-refractivity contribution in [1.29, 1.82) is 0 Å². The Morgan fingerprint density at radius 3 is 2.05 bits per heavy atom. The van der Waals surface area contributed by atoms with Gasteiger partial charge in [-0.05, 0) is 117 Å². The summed E-state index contributed by atoms with van der Waals surface area (Å²) in [6, 6.07) is 0. The zero-order chi connectivity index (χ0) is 41.8. The molecule has 5 saturated carbocycles. The highest BCUT2D eigenvalue weighted by molar-refractivity contribution is 5.76. The van der Waals surface area contributed by atoms with E-state index in [2.05, 4.69) is 27.4 Å². The van der Waals surface area contributed by atoms with Crippen molar-refractivity contribution >= 4 is 18.2 Å². The number of hydrogen-bond donors (Lipinski definition) is 8. The van der Waals surface area contributed by atoms with E-state index in [9.17, 15) is 55.2 Å². The first kappa shape index (κ1) is 43.1. The Bertz CT molecular complexity index is 1590. The van der Waals surface area contributed by atoms with Crippen LogP contribution in [0.2, 0.25) is 0 Å². The lowest BCUT2D eigenvalue weighted by Gasteiger charge is -2.72. The zero-order valence-corrected chi connectivity index (χ0v) is 33.7. The third kappa shape index (κ3) is 6.14. The summed E-state index contributed by atoms with van der Waals surface area (Å²) >= 11 is 0. The molecule has 2 saturated heterocycles. The first-order valence-corrected chi connectivity index (χ1v) is 20.9. The maximum Gasteiger partial charge on any atom is 0.335 e. The number of fused-ring (bicyclic) bond motifs is 7. The molecule has 0 bridgehead atoms. The molecular formula is C42H64O15. The van der Waals surface area contributed by atoms with E-state index in [1.165, 1.54) is 0 Å². The highest BCUT2D eigenvalue weighted by Gasteiger charge is 2.73. The summed E-state index contributed by atoms with van der Waals surface area (Å²) in [5, 5.41) is 84.0. The Hall–Kier alpha value is -2.05. The molecule has 322 valence electrons. The van der Waals surface area contributed by atoms with Crippen LogP contribution in [0.25, 0.3) is 0 Å². The van der Waals surface area contributed by atoms with E-state index < -0.39 is 96.9 Å². The van der Waals surface area contributed by atoms with Gasteiger partial charge >= 0.3 is 11.9 Å². The van der Waals surface area contributed by atoms with Crippen LogP contribution in [0.3, 0.4) is 0 Å². The van der Waals surface area contributed by atoms with Crippen LogP contribution in [0.1, 0.15) is 98.8 Å². The second-order valence-corrected chi connectivity index (χ2v) is 19.8. The minimum absolute atomic E-state index is 0.0301. The number of aliphatic hydroxyl groups excluding tert-OH is 6. The van der Waals surface area contributed by atoms with Gasteiger partial charge in [0, 0.05) is 0 Å². The number of aliphatic hydroxyl groups is 6. The minimum Gasteiger partial charge on any atom is -0.481 e. The zero-order valence-electron chi connectivity index (χ0n) is 33.7. The lowest BCUT2D eigenvalue weighted by atomic mass is 9.32. The van der Waals surface area contributed by atoms with Crippen LogP contribution in [0.4, 0.5) is 0 Å². The van der Waals surface area contributed by atoms with E-state index in [0.717, 1.165) is 44.0 Å². The molecular weight excluding hydrogens is 744 g/mol. The van der Waals surface area contributed by atoms with E-state index in [1.807, 2.05) is 13.8 Å². The lowest BCUT2D eigenvalue weighted by molar-refractivity contribution is -0.365. The van der Waals surface area contributed by atoms with Crippen molar-refractivity contribution in [2.75, 3.05) is 6.61 Å².